The Morgan fingerprint density at radius 3 is 2.93 bits per heavy atom. The monoisotopic (exact) mass is 211 g/mol. The van der Waals surface area contributed by atoms with E-state index in [9.17, 15) is 4.39 Å². The predicted molar refractivity (Wildman–Crippen MR) is 58.8 cm³/mol. The first-order valence-corrected chi connectivity index (χ1v) is 5.98. The third-order valence-corrected chi connectivity index (χ3v) is 3.85. The molecule has 0 radical (unpaired) electrons. The number of halogens is 1. The summed E-state index contributed by atoms with van der Waals surface area (Å²) in [6, 6.07) is 7.54. The Labute approximate surface area is 88.1 Å². The van der Waals surface area contributed by atoms with Crippen LogP contribution in [0.25, 0.3) is 0 Å². The Kier molecular flexibility index (Phi) is 3.08. The van der Waals surface area contributed by atoms with Crippen LogP contribution in [-0.2, 0) is 0 Å². The third kappa shape index (κ3) is 1.93. The van der Waals surface area contributed by atoms with Crippen LogP contribution in [0.4, 0.5) is 4.39 Å². The quantitative estimate of drug-likeness (QED) is 0.807. The summed E-state index contributed by atoms with van der Waals surface area (Å²) < 4.78 is 13.4. The van der Waals surface area contributed by atoms with Crippen molar-refractivity contribution in [2.75, 3.05) is 5.75 Å². The Balaban J connectivity index is 2.13. The molecule has 0 aromatic heterocycles. The van der Waals surface area contributed by atoms with Gasteiger partial charge in [-0.2, -0.15) is 0 Å². The zero-order chi connectivity index (χ0) is 9.97. The summed E-state index contributed by atoms with van der Waals surface area (Å²) in [5, 5.41) is 3.56. The average molecular weight is 211 g/mol. The number of thioether (sulfide) groups is 1. The summed E-state index contributed by atoms with van der Waals surface area (Å²) in [6.07, 6.45) is 1.11. The second-order valence-corrected chi connectivity index (χ2v) is 4.64. The van der Waals surface area contributed by atoms with Crippen LogP contribution in [0.15, 0.2) is 24.3 Å². The van der Waals surface area contributed by atoms with Gasteiger partial charge in [-0.25, -0.2) is 4.39 Å². The highest BCUT2D eigenvalue weighted by Gasteiger charge is 2.25. The van der Waals surface area contributed by atoms with Crippen molar-refractivity contribution in [3.8, 4) is 0 Å². The molecule has 1 fully saturated rings. The zero-order valence-electron chi connectivity index (χ0n) is 8.16. The molecule has 14 heavy (non-hydrogen) atoms. The fraction of sp³-hybridized carbons (Fsp3) is 0.455. The lowest BCUT2D eigenvalue weighted by molar-refractivity contribution is 0.538. The molecule has 1 N–H and O–H groups in total. The Morgan fingerprint density at radius 2 is 2.29 bits per heavy atom. The predicted octanol–water partition coefficient (Wildman–Crippen LogP) is 2.94. The molecule has 0 amide bonds. The fourth-order valence-corrected chi connectivity index (χ4v) is 3.04. The van der Waals surface area contributed by atoms with Gasteiger partial charge in [0.05, 0.1) is 5.37 Å². The van der Waals surface area contributed by atoms with Crippen LogP contribution in [0.3, 0.4) is 0 Å². The molecule has 1 aliphatic heterocycles. The van der Waals surface area contributed by atoms with Gasteiger partial charge in [0.25, 0.3) is 0 Å². The first kappa shape index (κ1) is 9.99. The van der Waals surface area contributed by atoms with E-state index in [-0.39, 0.29) is 11.2 Å². The molecule has 0 spiro atoms. The van der Waals surface area contributed by atoms with Gasteiger partial charge in [-0.05, 0) is 12.5 Å². The maximum atomic E-state index is 13.4. The highest BCUT2D eigenvalue weighted by atomic mass is 32.2. The van der Waals surface area contributed by atoms with Gasteiger partial charge >= 0.3 is 0 Å². The summed E-state index contributed by atoms with van der Waals surface area (Å²) >= 11 is 1.79. The number of nitrogens with one attached hydrogen (secondary N) is 1. The highest BCUT2D eigenvalue weighted by Crippen LogP contribution is 2.34. The number of benzene rings is 1. The topological polar surface area (TPSA) is 12.0 Å². The molecular weight excluding hydrogens is 197 g/mol. The average Bonchev–Trinajstić information content (AvgIpc) is 2.67. The molecular formula is C11H14FNS. The van der Waals surface area contributed by atoms with Gasteiger partial charge in [-0.1, -0.05) is 25.1 Å². The lowest BCUT2D eigenvalue weighted by Crippen LogP contribution is -2.25. The van der Waals surface area contributed by atoms with Gasteiger partial charge in [-0.15, -0.1) is 11.8 Å². The molecule has 3 heteroatoms. The summed E-state index contributed by atoms with van der Waals surface area (Å²) in [5.74, 6) is 0.976. The molecule has 2 atom stereocenters. The first-order valence-electron chi connectivity index (χ1n) is 4.93. The Hall–Kier alpha value is -0.540. The van der Waals surface area contributed by atoms with Crippen molar-refractivity contribution in [3.05, 3.63) is 35.6 Å². The maximum Gasteiger partial charge on any atom is 0.128 e. The minimum atomic E-state index is -0.103. The normalized spacial score (nSPS) is 26.7. The third-order valence-electron chi connectivity index (χ3n) is 2.53. The van der Waals surface area contributed by atoms with Crippen LogP contribution in [-0.4, -0.2) is 11.8 Å². The lowest BCUT2D eigenvalue weighted by atomic mass is 10.2. The van der Waals surface area contributed by atoms with Crippen LogP contribution in [0, 0.1) is 5.82 Å². The van der Waals surface area contributed by atoms with E-state index in [4.69, 9.17) is 0 Å². The highest BCUT2D eigenvalue weighted by molar-refractivity contribution is 7.99. The summed E-state index contributed by atoms with van der Waals surface area (Å²) in [7, 11) is 0. The molecule has 1 saturated heterocycles. The molecule has 1 aromatic rings. The van der Waals surface area contributed by atoms with Gasteiger partial charge in [0, 0.05) is 17.4 Å². The van der Waals surface area contributed by atoms with Crippen LogP contribution >= 0.6 is 11.8 Å². The van der Waals surface area contributed by atoms with E-state index in [1.165, 1.54) is 6.07 Å². The second-order valence-electron chi connectivity index (χ2n) is 3.51. The van der Waals surface area contributed by atoms with E-state index in [2.05, 4.69) is 12.2 Å². The molecule has 2 unspecified atom stereocenters. The molecule has 0 saturated carbocycles. The summed E-state index contributed by atoms with van der Waals surface area (Å²) in [4.78, 5) is 0. The van der Waals surface area contributed by atoms with Crippen LogP contribution in [0.2, 0.25) is 0 Å². The largest absolute Gasteiger partial charge is 0.298 e. The molecule has 0 bridgehead atoms. The Bertz CT molecular complexity index is 316. The van der Waals surface area contributed by atoms with E-state index >= 15 is 0 Å². The van der Waals surface area contributed by atoms with Gasteiger partial charge in [0.2, 0.25) is 0 Å². The molecule has 1 aromatic carbocycles. The molecule has 1 aliphatic rings. The summed E-state index contributed by atoms with van der Waals surface area (Å²) in [6.45, 7) is 2.15. The van der Waals surface area contributed by atoms with Crippen molar-refractivity contribution in [1.82, 2.24) is 5.32 Å². The van der Waals surface area contributed by atoms with E-state index in [0.29, 0.717) is 6.04 Å². The molecule has 76 valence electrons. The van der Waals surface area contributed by atoms with Gasteiger partial charge < -0.3 is 0 Å². The fourth-order valence-electron chi connectivity index (χ4n) is 1.63. The minimum absolute atomic E-state index is 0.103. The van der Waals surface area contributed by atoms with Crippen molar-refractivity contribution in [3.63, 3.8) is 0 Å². The van der Waals surface area contributed by atoms with Gasteiger partial charge in [0.1, 0.15) is 5.82 Å². The van der Waals surface area contributed by atoms with Gasteiger partial charge in [-0.3, -0.25) is 5.32 Å². The zero-order valence-corrected chi connectivity index (χ0v) is 8.98. The second kappa shape index (κ2) is 4.32. The maximum absolute atomic E-state index is 13.4. The van der Waals surface area contributed by atoms with E-state index in [1.807, 2.05) is 12.1 Å². The van der Waals surface area contributed by atoms with Crippen molar-refractivity contribution in [2.45, 2.75) is 24.8 Å². The van der Waals surface area contributed by atoms with Crippen molar-refractivity contribution >= 4 is 11.8 Å². The van der Waals surface area contributed by atoms with Crippen LogP contribution in [0.1, 0.15) is 24.3 Å². The van der Waals surface area contributed by atoms with E-state index < -0.39 is 0 Å². The van der Waals surface area contributed by atoms with Crippen molar-refractivity contribution < 1.29 is 4.39 Å². The smallest absolute Gasteiger partial charge is 0.128 e. The molecule has 1 heterocycles. The lowest BCUT2D eigenvalue weighted by Gasteiger charge is -2.12. The Morgan fingerprint density at radius 1 is 1.50 bits per heavy atom. The van der Waals surface area contributed by atoms with Crippen molar-refractivity contribution in [1.29, 1.82) is 0 Å². The standard InChI is InChI=1S/C11H14FNS/c1-2-8-7-14-11(13-8)9-5-3-4-6-10(9)12/h3-6,8,11,13H,2,7H2,1H3. The number of hydrogen-bond acceptors (Lipinski definition) is 2. The van der Waals surface area contributed by atoms with E-state index in [1.54, 1.807) is 17.8 Å². The number of rotatable bonds is 2. The van der Waals surface area contributed by atoms with Crippen LogP contribution < -0.4 is 5.32 Å². The minimum Gasteiger partial charge on any atom is -0.298 e. The SMILES string of the molecule is CCC1CSC(c2ccccc2F)N1. The van der Waals surface area contributed by atoms with E-state index in [0.717, 1.165) is 17.7 Å². The van der Waals surface area contributed by atoms with Crippen molar-refractivity contribution in [2.24, 2.45) is 0 Å². The first-order chi connectivity index (χ1) is 6.81. The van der Waals surface area contributed by atoms with Crippen LogP contribution in [0.5, 0.6) is 0 Å². The number of hydrogen-bond donors (Lipinski definition) is 1. The molecule has 1 nitrogen and oxygen atoms in total. The summed E-state index contributed by atoms with van der Waals surface area (Å²) in [5.41, 5.74) is 0.786. The molecule has 2 rings (SSSR count). The van der Waals surface area contributed by atoms with Gasteiger partial charge in [0.15, 0.2) is 0 Å². The molecule has 0 aliphatic carbocycles.